The first-order valence-corrected chi connectivity index (χ1v) is 7.42. The van der Waals surface area contributed by atoms with Crippen LogP contribution in [0.2, 0.25) is 0 Å². The average Bonchev–Trinajstić information content (AvgIpc) is 3.22. The summed E-state index contributed by atoms with van der Waals surface area (Å²) in [7, 11) is 1.25. The molecule has 3 heterocycles. The maximum Gasteiger partial charge on any atom is 0.435 e. The molecule has 0 fully saturated rings. The fraction of sp³-hybridized carbons (Fsp3) is 0.267. The van der Waals surface area contributed by atoms with Gasteiger partial charge in [0.25, 0.3) is 5.91 Å². The summed E-state index contributed by atoms with van der Waals surface area (Å²) in [5.41, 5.74) is -0.705. The highest BCUT2D eigenvalue weighted by Gasteiger charge is 2.35. The van der Waals surface area contributed by atoms with E-state index in [1.165, 1.54) is 7.05 Å². The quantitative estimate of drug-likeness (QED) is 0.761. The number of nitrogens with one attached hydrogen (secondary N) is 1. The molecule has 3 aromatic rings. The fourth-order valence-electron chi connectivity index (χ4n) is 2.18. The summed E-state index contributed by atoms with van der Waals surface area (Å²) in [6.07, 6.45) is -1.50. The standard InChI is InChI=1S/C15H13F3N6O2/c1-8(14-21-12(23-26-14)9-3-5-19-6-4-9)20-13(25)10-7-11(15(16,17)18)22-24(10)2/h3-8H,1-2H3,(H,20,25)/t8-/m0/s1. The largest absolute Gasteiger partial charge is 0.435 e. The Labute approximate surface area is 145 Å². The van der Waals surface area contributed by atoms with Crippen LogP contribution in [0.15, 0.2) is 35.1 Å². The van der Waals surface area contributed by atoms with Crippen LogP contribution in [0, 0.1) is 0 Å². The summed E-state index contributed by atoms with van der Waals surface area (Å²) in [6.45, 7) is 1.57. The van der Waals surface area contributed by atoms with E-state index in [0.29, 0.717) is 17.5 Å². The molecule has 1 N–H and O–H groups in total. The summed E-state index contributed by atoms with van der Waals surface area (Å²) < 4.78 is 44.0. The highest BCUT2D eigenvalue weighted by molar-refractivity contribution is 5.92. The molecule has 0 radical (unpaired) electrons. The van der Waals surface area contributed by atoms with E-state index in [-0.39, 0.29) is 11.6 Å². The van der Waals surface area contributed by atoms with Crippen LogP contribution in [0.3, 0.4) is 0 Å². The lowest BCUT2D eigenvalue weighted by atomic mass is 10.2. The molecule has 8 nitrogen and oxygen atoms in total. The van der Waals surface area contributed by atoms with Crippen molar-refractivity contribution in [1.82, 2.24) is 30.2 Å². The van der Waals surface area contributed by atoms with E-state index in [1.54, 1.807) is 31.5 Å². The monoisotopic (exact) mass is 366 g/mol. The molecule has 0 aliphatic heterocycles. The van der Waals surface area contributed by atoms with Gasteiger partial charge < -0.3 is 9.84 Å². The number of pyridine rings is 1. The number of halogens is 3. The Kier molecular flexibility index (Phi) is 4.45. The lowest BCUT2D eigenvalue weighted by Crippen LogP contribution is -2.28. The van der Waals surface area contributed by atoms with Gasteiger partial charge in [0.15, 0.2) is 5.69 Å². The van der Waals surface area contributed by atoms with Gasteiger partial charge in [0.05, 0.1) is 0 Å². The molecular formula is C15H13F3N6O2. The summed E-state index contributed by atoms with van der Waals surface area (Å²) >= 11 is 0. The first kappa shape index (κ1) is 17.6. The molecule has 3 rings (SSSR count). The van der Waals surface area contributed by atoms with Crippen molar-refractivity contribution in [3.8, 4) is 11.4 Å². The number of nitrogens with zero attached hydrogens (tertiary/aromatic N) is 5. The van der Waals surface area contributed by atoms with Crippen LogP contribution in [-0.2, 0) is 13.2 Å². The van der Waals surface area contributed by atoms with Gasteiger partial charge in [-0.1, -0.05) is 5.16 Å². The SMILES string of the molecule is C[C@H](NC(=O)c1cc(C(F)(F)F)nn1C)c1nc(-c2ccncc2)no1. The van der Waals surface area contributed by atoms with Crippen molar-refractivity contribution in [3.05, 3.63) is 47.9 Å². The van der Waals surface area contributed by atoms with E-state index in [1.807, 2.05) is 0 Å². The van der Waals surface area contributed by atoms with Crippen molar-refractivity contribution in [2.24, 2.45) is 7.05 Å². The van der Waals surface area contributed by atoms with Crippen molar-refractivity contribution >= 4 is 5.91 Å². The normalized spacial score (nSPS) is 12.8. The number of amides is 1. The Morgan fingerprint density at radius 1 is 1.31 bits per heavy atom. The highest BCUT2D eigenvalue weighted by atomic mass is 19.4. The molecule has 26 heavy (non-hydrogen) atoms. The minimum Gasteiger partial charge on any atom is -0.339 e. The minimum absolute atomic E-state index is 0.114. The number of rotatable bonds is 4. The molecule has 11 heteroatoms. The third-order valence-electron chi connectivity index (χ3n) is 3.50. The van der Waals surface area contributed by atoms with Gasteiger partial charge in [-0.25, -0.2) is 0 Å². The predicted molar refractivity (Wildman–Crippen MR) is 81.6 cm³/mol. The number of aromatic nitrogens is 5. The molecule has 136 valence electrons. The van der Waals surface area contributed by atoms with E-state index in [4.69, 9.17) is 4.52 Å². The van der Waals surface area contributed by atoms with Crippen LogP contribution < -0.4 is 5.32 Å². The average molecular weight is 366 g/mol. The maximum atomic E-state index is 12.7. The fourth-order valence-corrected chi connectivity index (χ4v) is 2.18. The summed E-state index contributed by atoms with van der Waals surface area (Å²) in [6, 6.07) is 3.34. The van der Waals surface area contributed by atoms with Gasteiger partial charge in [-0.15, -0.1) is 0 Å². The van der Waals surface area contributed by atoms with Gasteiger partial charge in [0, 0.05) is 31.1 Å². The molecule has 0 saturated heterocycles. The molecule has 0 aliphatic rings. The van der Waals surface area contributed by atoms with Crippen molar-refractivity contribution in [1.29, 1.82) is 0 Å². The molecule has 0 unspecified atom stereocenters. The van der Waals surface area contributed by atoms with Crippen LogP contribution >= 0.6 is 0 Å². The Hall–Kier alpha value is -3.24. The van der Waals surface area contributed by atoms with E-state index in [0.717, 1.165) is 4.68 Å². The number of hydrogen-bond donors (Lipinski definition) is 1. The Morgan fingerprint density at radius 3 is 2.62 bits per heavy atom. The van der Waals surface area contributed by atoms with Crippen LogP contribution in [0.5, 0.6) is 0 Å². The molecule has 1 amide bonds. The van der Waals surface area contributed by atoms with Crippen molar-refractivity contribution in [3.63, 3.8) is 0 Å². The summed E-state index contributed by atoms with van der Waals surface area (Å²) in [4.78, 5) is 20.3. The van der Waals surface area contributed by atoms with Crippen LogP contribution in [0.4, 0.5) is 13.2 Å². The van der Waals surface area contributed by atoms with E-state index < -0.39 is 23.8 Å². The van der Waals surface area contributed by atoms with Crippen LogP contribution in [0.1, 0.15) is 35.0 Å². The van der Waals surface area contributed by atoms with Gasteiger partial charge in [-0.3, -0.25) is 14.5 Å². The third kappa shape index (κ3) is 3.55. The minimum atomic E-state index is -4.63. The van der Waals surface area contributed by atoms with E-state index >= 15 is 0 Å². The Bertz CT molecular complexity index is 919. The predicted octanol–water partition coefficient (Wildman–Crippen LogP) is 2.37. The summed E-state index contributed by atoms with van der Waals surface area (Å²) in [5.74, 6) is -0.321. The summed E-state index contributed by atoms with van der Waals surface area (Å²) in [5, 5.41) is 9.62. The van der Waals surface area contributed by atoms with Gasteiger partial charge >= 0.3 is 6.18 Å². The molecule has 1 atom stereocenters. The maximum absolute atomic E-state index is 12.7. The van der Waals surface area contributed by atoms with Crippen LogP contribution in [0.25, 0.3) is 11.4 Å². The third-order valence-corrected chi connectivity index (χ3v) is 3.50. The zero-order chi connectivity index (χ0) is 18.9. The Balaban J connectivity index is 1.74. The number of aryl methyl sites for hydroxylation is 1. The van der Waals surface area contributed by atoms with Gasteiger partial charge in [-0.2, -0.15) is 23.3 Å². The molecular weight excluding hydrogens is 353 g/mol. The second-order valence-electron chi connectivity index (χ2n) is 5.42. The zero-order valence-corrected chi connectivity index (χ0v) is 13.7. The second kappa shape index (κ2) is 6.58. The molecule has 0 spiro atoms. The van der Waals surface area contributed by atoms with Crippen molar-refractivity contribution < 1.29 is 22.5 Å². The molecule has 0 bridgehead atoms. The molecule has 0 aliphatic carbocycles. The highest BCUT2D eigenvalue weighted by Crippen LogP contribution is 2.28. The second-order valence-corrected chi connectivity index (χ2v) is 5.42. The molecule has 0 aromatic carbocycles. The van der Waals surface area contributed by atoms with Crippen molar-refractivity contribution in [2.75, 3.05) is 0 Å². The van der Waals surface area contributed by atoms with Crippen LogP contribution in [-0.4, -0.2) is 30.8 Å². The number of hydrogen-bond acceptors (Lipinski definition) is 6. The van der Waals surface area contributed by atoms with Gasteiger partial charge in [0.1, 0.15) is 11.7 Å². The number of carbonyl (C=O) groups excluding carboxylic acids is 1. The lowest BCUT2D eigenvalue weighted by molar-refractivity contribution is -0.141. The smallest absolute Gasteiger partial charge is 0.339 e. The van der Waals surface area contributed by atoms with Crippen molar-refractivity contribution in [2.45, 2.75) is 19.1 Å². The number of carbonyl (C=O) groups is 1. The van der Waals surface area contributed by atoms with E-state index in [9.17, 15) is 18.0 Å². The van der Waals surface area contributed by atoms with E-state index in [2.05, 4.69) is 25.5 Å². The molecule has 0 saturated carbocycles. The zero-order valence-electron chi connectivity index (χ0n) is 13.7. The lowest BCUT2D eigenvalue weighted by Gasteiger charge is -2.09. The first-order chi connectivity index (χ1) is 12.3. The van der Waals surface area contributed by atoms with Gasteiger partial charge in [-0.05, 0) is 19.1 Å². The first-order valence-electron chi connectivity index (χ1n) is 7.42. The van der Waals surface area contributed by atoms with Gasteiger partial charge in [0.2, 0.25) is 11.7 Å². The Morgan fingerprint density at radius 2 is 2.00 bits per heavy atom. The number of alkyl halides is 3. The topological polar surface area (TPSA) is 98.7 Å². The molecule has 3 aromatic heterocycles.